The van der Waals surface area contributed by atoms with Gasteiger partial charge >= 0.3 is 0 Å². The summed E-state index contributed by atoms with van der Waals surface area (Å²) < 4.78 is 12.1. The van der Waals surface area contributed by atoms with Crippen LogP contribution in [-0.4, -0.2) is 24.5 Å². The van der Waals surface area contributed by atoms with Crippen molar-refractivity contribution < 1.29 is 4.39 Å². The summed E-state index contributed by atoms with van der Waals surface area (Å²) in [5.74, 6) is 0. The molecule has 0 unspecified atom stereocenters. The highest BCUT2D eigenvalue weighted by atomic mass is 19.1. The molecule has 70 valence electrons. The minimum atomic E-state index is -0.414. The number of nitrogens with two attached hydrogens (primary N) is 1. The molecule has 0 bridgehead atoms. The molecule has 0 saturated heterocycles. The molecule has 1 saturated carbocycles. The van der Waals surface area contributed by atoms with Crippen LogP contribution in [0.4, 0.5) is 4.39 Å². The lowest BCUT2D eigenvalue weighted by atomic mass is 9.92. The first kappa shape index (κ1) is 9.65. The standard InChI is InChI=1S/C9H17FN2/c1-7(6-10)12-9-4-2-8(11)3-5-9/h8-9H,2-6,11H2,1H3. The van der Waals surface area contributed by atoms with Gasteiger partial charge in [0.15, 0.2) is 0 Å². The third-order valence-electron chi connectivity index (χ3n) is 2.34. The van der Waals surface area contributed by atoms with Gasteiger partial charge in [0.1, 0.15) is 6.67 Å². The Balaban J connectivity index is 2.35. The van der Waals surface area contributed by atoms with Gasteiger partial charge in [-0.05, 0) is 32.6 Å². The maximum atomic E-state index is 12.1. The van der Waals surface area contributed by atoms with Gasteiger partial charge in [0, 0.05) is 11.8 Å². The molecule has 1 fully saturated rings. The van der Waals surface area contributed by atoms with Crippen molar-refractivity contribution in [3.05, 3.63) is 0 Å². The predicted molar refractivity (Wildman–Crippen MR) is 49.3 cm³/mol. The number of hydrogen-bond acceptors (Lipinski definition) is 2. The molecule has 0 spiro atoms. The Hall–Kier alpha value is -0.440. The fourth-order valence-corrected chi connectivity index (χ4v) is 1.58. The van der Waals surface area contributed by atoms with Gasteiger partial charge in [-0.2, -0.15) is 0 Å². The molecule has 0 aromatic heterocycles. The molecule has 0 amide bonds. The van der Waals surface area contributed by atoms with Gasteiger partial charge in [-0.25, -0.2) is 4.39 Å². The number of nitrogens with zero attached hydrogens (tertiary/aromatic N) is 1. The van der Waals surface area contributed by atoms with Crippen molar-refractivity contribution in [1.29, 1.82) is 0 Å². The second kappa shape index (κ2) is 4.55. The van der Waals surface area contributed by atoms with E-state index in [1.54, 1.807) is 6.92 Å². The Bertz CT molecular complexity index is 160. The monoisotopic (exact) mass is 172 g/mol. The largest absolute Gasteiger partial charge is 0.328 e. The molecule has 0 aromatic rings. The average molecular weight is 172 g/mol. The van der Waals surface area contributed by atoms with Crippen molar-refractivity contribution in [2.24, 2.45) is 10.7 Å². The van der Waals surface area contributed by atoms with E-state index in [1.165, 1.54) is 0 Å². The molecular formula is C9H17FN2. The van der Waals surface area contributed by atoms with Crippen LogP contribution in [0.1, 0.15) is 32.6 Å². The fourth-order valence-electron chi connectivity index (χ4n) is 1.58. The number of alkyl halides is 1. The molecular weight excluding hydrogens is 155 g/mol. The molecule has 2 N–H and O–H groups in total. The highest BCUT2D eigenvalue weighted by Crippen LogP contribution is 2.19. The van der Waals surface area contributed by atoms with E-state index in [0.717, 1.165) is 25.7 Å². The molecule has 1 aliphatic carbocycles. The smallest absolute Gasteiger partial charge is 0.127 e. The number of hydrogen-bond donors (Lipinski definition) is 1. The van der Waals surface area contributed by atoms with Crippen LogP contribution in [0.25, 0.3) is 0 Å². The van der Waals surface area contributed by atoms with E-state index in [1.807, 2.05) is 0 Å². The fraction of sp³-hybridized carbons (Fsp3) is 0.889. The number of aliphatic imine (C=N–C) groups is 1. The molecule has 1 aliphatic rings. The van der Waals surface area contributed by atoms with Crippen molar-refractivity contribution in [2.45, 2.75) is 44.7 Å². The zero-order valence-corrected chi connectivity index (χ0v) is 7.59. The van der Waals surface area contributed by atoms with E-state index < -0.39 is 6.67 Å². The minimum absolute atomic E-state index is 0.334. The maximum absolute atomic E-state index is 12.1. The summed E-state index contributed by atoms with van der Waals surface area (Å²) in [5, 5.41) is 0. The summed E-state index contributed by atoms with van der Waals surface area (Å²) >= 11 is 0. The van der Waals surface area contributed by atoms with Crippen molar-refractivity contribution in [3.63, 3.8) is 0 Å². The maximum Gasteiger partial charge on any atom is 0.127 e. The number of rotatable bonds is 2. The normalized spacial score (nSPS) is 32.1. The lowest BCUT2D eigenvalue weighted by Crippen LogP contribution is -2.28. The molecule has 0 aromatic carbocycles. The second-order valence-electron chi connectivity index (χ2n) is 3.57. The molecule has 3 heteroatoms. The van der Waals surface area contributed by atoms with E-state index in [-0.39, 0.29) is 0 Å². The van der Waals surface area contributed by atoms with Gasteiger partial charge in [0.25, 0.3) is 0 Å². The molecule has 12 heavy (non-hydrogen) atoms. The van der Waals surface area contributed by atoms with Crippen LogP contribution >= 0.6 is 0 Å². The summed E-state index contributed by atoms with van der Waals surface area (Å²) in [6.45, 7) is 1.33. The Kier molecular flexibility index (Phi) is 3.66. The Morgan fingerprint density at radius 3 is 2.50 bits per heavy atom. The second-order valence-corrected chi connectivity index (χ2v) is 3.57. The van der Waals surface area contributed by atoms with E-state index in [0.29, 0.717) is 17.8 Å². The predicted octanol–water partition coefficient (Wildman–Crippen LogP) is 1.69. The van der Waals surface area contributed by atoms with Crippen LogP contribution in [-0.2, 0) is 0 Å². The summed E-state index contributed by atoms with van der Waals surface area (Å²) in [5.41, 5.74) is 6.36. The van der Waals surface area contributed by atoms with Gasteiger partial charge in [-0.15, -0.1) is 0 Å². The lowest BCUT2D eigenvalue weighted by molar-refractivity contribution is 0.395. The molecule has 0 heterocycles. The van der Waals surface area contributed by atoms with Gasteiger partial charge in [-0.3, -0.25) is 4.99 Å². The summed E-state index contributed by atoms with van der Waals surface area (Å²) in [6.07, 6.45) is 4.12. The third-order valence-corrected chi connectivity index (χ3v) is 2.34. The Labute approximate surface area is 73.1 Å². The van der Waals surface area contributed by atoms with Crippen LogP contribution in [0, 0.1) is 0 Å². The van der Waals surface area contributed by atoms with Crippen molar-refractivity contribution in [1.82, 2.24) is 0 Å². The van der Waals surface area contributed by atoms with Crippen LogP contribution in [0.5, 0.6) is 0 Å². The first-order valence-electron chi connectivity index (χ1n) is 4.57. The summed E-state index contributed by atoms with van der Waals surface area (Å²) in [4.78, 5) is 4.28. The van der Waals surface area contributed by atoms with Gasteiger partial charge in [-0.1, -0.05) is 0 Å². The van der Waals surface area contributed by atoms with E-state index in [2.05, 4.69) is 4.99 Å². The minimum Gasteiger partial charge on any atom is -0.328 e. The van der Waals surface area contributed by atoms with E-state index in [9.17, 15) is 4.39 Å². The Morgan fingerprint density at radius 1 is 1.42 bits per heavy atom. The van der Waals surface area contributed by atoms with E-state index in [4.69, 9.17) is 5.73 Å². The zero-order valence-electron chi connectivity index (χ0n) is 7.59. The zero-order chi connectivity index (χ0) is 8.97. The quantitative estimate of drug-likeness (QED) is 0.632. The summed E-state index contributed by atoms with van der Waals surface area (Å²) in [7, 11) is 0. The first-order chi connectivity index (χ1) is 5.72. The van der Waals surface area contributed by atoms with Crippen LogP contribution < -0.4 is 5.73 Å². The van der Waals surface area contributed by atoms with Crippen LogP contribution in [0.15, 0.2) is 4.99 Å². The molecule has 0 aliphatic heterocycles. The molecule has 2 nitrogen and oxygen atoms in total. The van der Waals surface area contributed by atoms with E-state index >= 15 is 0 Å². The van der Waals surface area contributed by atoms with Gasteiger partial charge in [0.2, 0.25) is 0 Å². The third kappa shape index (κ3) is 2.89. The highest BCUT2D eigenvalue weighted by Gasteiger charge is 2.17. The topological polar surface area (TPSA) is 38.4 Å². The van der Waals surface area contributed by atoms with Crippen LogP contribution in [0.3, 0.4) is 0 Å². The van der Waals surface area contributed by atoms with Gasteiger partial charge < -0.3 is 5.73 Å². The summed E-state index contributed by atoms with van der Waals surface area (Å²) in [6, 6.07) is 0.683. The molecule has 0 atom stereocenters. The van der Waals surface area contributed by atoms with Crippen molar-refractivity contribution in [3.8, 4) is 0 Å². The lowest BCUT2D eigenvalue weighted by Gasteiger charge is -2.23. The first-order valence-corrected chi connectivity index (χ1v) is 4.57. The SMILES string of the molecule is CC(CF)=NC1CCC(N)CC1. The van der Waals surface area contributed by atoms with Crippen molar-refractivity contribution in [2.75, 3.05) is 6.67 Å². The van der Waals surface area contributed by atoms with Gasteiger partial charge in [0.05, 0.1) is 6.04 Å². The Morgan fingerprint density at radius 2 is 2.00 bits per heavy atom. The van der Waals surface area contributed by atoms with Crippen molar-refractivity contribution >= 4 is 5.71 Å². The van der Waals surface area contributed by atoms with Crippen LogP contribution in [0.2, 0.25) is 0 Å². The molecule has 0 radical (unpaired) electrons. The highest BCUT2D eigenvalue weighted by molar-refractivity contribution is 5.83. The average Bonchev–Trinajstić information content (AvgIpc) is 2.09. The molecule has 1 rings (SSSR count). The number of halogens is 1.